The number of fused-ring (bicyclic) bond motifs is 1. The molecular formula is C22H25N5O2S. The number of carbonyl (C=O) groups is 2. The lowest BCUT2D eigenvalue weighted by molar-refractivity contribution is -0.136. The molecule has 0 unspecified atom stereocenters. The number of anilines is 2. The van der Waals surface area contributed by atoms with Crippen molar-refractivity contribution >= 4 is 40.1 Å². The van der Waals surface area contributed by atoms with Crippen LogP contribution in [-0.4, -0.2) is 31.1 Å². The minimum absolute atomic E-state index is 0.445. The zero-order valence-corrected chi connectivity index (χ0v) is 18.0. The van der Waals surface area contributed by atoms with Crippen LogP contribution in [-0.2, 0) is 22.4 Å². The maximum Gasteiger partial charge on any atom is 0.329 e. The molecule has 0 bridgehead atoms. The average molecular weight is 424 g/mol. The fourth-order valence-corrected chi connectivity index (χ4v) is 4.74. The fraction of sp³-hybridized carbons (Fsp3) is 0.364. The van der Waals surface area contributed by atoms with E-state index in [9.17, 15) is 14.9 Å². The Morgan fingerprint density at radius 2 is 1.87 bits per heavy atom. The second-order valence-corrected chi connectivity index (χ2v) is 8.05. The van der Waals surface area contributed by atoms with E-state index in [0.29, 0.717) is 10.6 Å². The molecule has 1 aliphatic carbocycles. The second-order valence-electron chi connectivity index (χ2n) is 6.94. The van der Waals surface area contributed by atoms with E-state index in [-0.39, 0.29) is 0 Å². The number of nitrogens with zero attached hydrogens (tertiary/aromatic N) is 3. The van der Waals surface area contributed by atoms with Gasteiger partial charge in [-0.15, -0.1) is 11.3 Å². The van der Waals surface area contributed by atoms with Gasteiger partial charge in [0.1, 0.15) is 11.1 Å². The molecule has 1 heterocycles. The predicted molar refractivity (Wildman–Crippen MR) is 120 cm³/mol. The summed E-state index contributed by atoms with van der Waals surface area (Å²) in [5.41, 5.74) is 5.66. The van der Waals surface area contributed by atoms with Crippen LogP contribution < -0.4 is 15.6 Å². The third-order valence-corrected chi connectivity index (χ3v) is 6.33. The number of hydrogen-bond acceptors (Lipinski definition) is 6. The Bertz CT molecular complexity index is 984. The zero-order valence-electron chi connectivity index (χ0n) is 17.2. The Balaban J connectivity index is 1.58. The lowest BCUT2D eigenvalue weighted by atomic mass is 9.96. The van der Waals surface area contributed by atoms with Crippen LogP contribution in [0.25, 0.3) is 0 Å². The van der Waals surface area contributed by atoms with E-state index >= 15 is 0 Å². The molecule has 1 aromatic heterocycles. The highest BCUT2D eigenvalue weighted by Gasteiger charge is 2.23. The SMILES string of the molecule is CCN(CC)c1ccc(/C=N/NC(=O)C(=O)Nc2sc3c(c2C#N)CCCC3)cc1. The number of carbonyl (C=O) groups excluding carboxylic acids is 2. The summed E-state index contributed by atoms with van der Waals surface area (Å²) in [5, 5.41) is 16.3. The summed E-state index contributed by atoms with van der Waals surface area (Å²) in [7, 11) is 0. The van der Waals surface area contributed by atoms with Crippen molar-refractivity contribution in [3.05, 3.63) is 45.8 Å². The Labute approximate surface area is 180 Å². The summed E-state index contributed by atoms with van der Waals surface area (Å²) in [6, 6.07) is 9.95. The van der Waals surface area contributed by atoms with Crippen molar-refractivity contribution in [2.24, 2.45) is 5.10 Å². The first kappa shape index (κ1) is 21.5. The van der Waals surface area contributed by atoms with E-state index in [1.165, 1.54) is 17.6 Å². The van der Waals surface area contributed by atoms with Crippen LogP contribution in [0.1, 0.15) is 48.3 Å². The fourth-order valence-electron chi connectivity index (χ4n) is 3.51. The highest BCUT2D eigenvalue weighted by atomic mass is 32.1. The number of hydrogen-bond donors (Lipinski definition) is 2. The first-order chi connectivity index (χ1) is 14.6. The third kappa shape index (κ3) is 4.86. The number of hydrazone groups is 1. The number of benzene rings is 1. The van der Waals surface area contributed by atoms with Crippen LogP contribution in [0.3, 0.4) is 0 Å². The molecule has 0 aliphatic heterocycles. The number of amides is 2. The van der Waals surface area contributed by atoms with Gasteiger partial charge in [0.15, 0.2) is 0 Å². The van der Waals surface area contributed by atoms with Gasteiger partial charge in [0.25, 0.3) is 0 Å². The van der Waals surface area contributed by atoms with Crippen molar-refractivity contribution in [3.63, 3.8) is 0 Å². The molecular weight excluding hydrogens is 398 g/mol. The quantitative estimate of drug-likeness (QED) is 0.422. The van der Waals surface area contributed by atoms with Gasteiger partial charge in [0.2, 0.25) is 0 Å². The van der Waals surface area contributed by atoms with Gasteiger partial charge in [-0.1, -0.05) is 12.1 Å². The highest BCUT2D eigenvalue weighted by Crippen LogP contribution is 2.37. The van der Waals surface area contributed by atoms with Gasteiger partial charge < -0.3 is 10.2 Å². The summed E-state index contributed by atoms with van der Waals surface area (Å²) >= 11 is 1.38. The topological polar surface area (TPSA) is 97.6 Å². The number of aryl methyl sites for hydroxylation is 1. The Kier molecular flexibility index (Phi) is 7.20. The van der Waals surface area contributed by atoms with E-state index in [2.05, 4.69) is 40.7 Å². The summed E-state index contributed by atoms with van der Waals surface area (Å²) in [4.78, 5) is 27.6. The van der Waals surface area contributed by atoms with Gasteiger partial charge in [-0.2, -0.15) is 10.4 Å². The van der Waals surface area contributed by atoms with E-state index < -0.39 is 11.8 Å². The van der Waals surface area contributed by atoms with Crippen LogP contribution in [0, 0.1) is 11.3 Å². The summed E-state index contributed by atoms with van der Waals surface area (Å²) in [6.07, 6.45) is 5.36. The van der Waals surface area contributed by atoms with Crippen molar-refractivity contribution in [2.75, 3.05) is 23.3 Å². The number of rotatable bonds is 6. The van der Waals surface area contributed by atoms with Gasteiger partial charge in [0, 0.05) is 23.7 Å². The lowest BCUT2D eigenvalue weighted by Crippen LogP contribution is -2.32. The summed E-state index contributed by atoms with van der Waals surface area (Å²) in [5.74, 6) is -1.71. The molecule has 0 atom stereocenters. The smallest absolute Gasteiger partial charge is 0.329 e. The molecule has 2 amide bonds. The lowest BCUT2D eigenvalue weighted by Gasteiger charge is -2.20. The first-order valence-electron chi connectivity index (χ1n) is 10.1. The van der Waals surface area contributed by atoms with Crippen LogP contribution in [0.4, 0.5) is 10.7 Å². The van der Waals surface area contributed by atoms with E-state index in [1.54, 1.807) is 0 Å². The average Bonchev–Trinajstić information content (AvgIpc) is 3.12. The number of nitriles is 1. The maximum atomic E-state index is 12.2. The van der Waals surface area contributed by atoms with Gasteiger partial charge in [0.05, 0.1) is 11.8 Å². The molecule has 0 fully saturated rings. The van der Waals surface area contributed by atoms with Gasteiger partial charge in [-0.05, 0) is 62.8 Å². The summed E-state index contributed by atoms with van der Waals surface area (Å²) < 4.78 is 0. The van der Waals surface area contributed by atoms with Gasteiger partial charge >= 0.3 is 11.8 Å². The molecule has 7 nitrogen and oxygen atoms in total. The highest BCUT2D eigenvalue weighted by molar-refractivity contribution is 7.16. The molecule has 30 heavy (non-hydrogen) atoms. The van der Waals surface area contributed by atoms with E-state index in [1.807, 2.05) is 24.3 Å². The van der Waals surface area contributed by atoms with E-state index in [0.717, 1.165) is 60.5 Å². The van der Waals surface area contributed by atoms with Crippen LogP contribution in [0.15, 0.2) is 29.4 Å². The van der Waals surface area contributed by atoms with Crippen molar-refractivity contribution in [1.29, 1.82) is 5.26 Å². The maximum absolute atomic E-state index is 12.2. The number of nitrogens with one attached hydrogen (secondary N) is 2. The minimum atomic E-state index is -0.874. The standard InChI is InChI=1S/C22H25N5O2S/c1-3-27(4-2)16-11-9-15(10-12-16)14-24-26-21(29)20(28)25-22-18(13-23)17-7-5-6-8-19(17)30-22/h9-12,14H,3-8H2,1-2H3,(H,25,28)(H,26,29)/b24-14+. The van der Waals surface area contributed by atoms with Crippen LogP contribution in [0.5, 0.6) is 0 Å². The van der Waals surface area contributed by atoms with Crippen molar-refractivity contribution in [1.82, 2.24) is 5.43 Å². The molecule has 8 heteroatoms. The molecule has 0 saturated heterocycles. The van der Waals surface area contributed by atoms with Crippen molar-refractivity contribution in [2.45, 2.75) is 39.5 Å². The monoisotopic (exact) mass is 423 g/mol. The molecule has 2 aromatic rings. The molecule has 0 spiro atoms. The molecule has 0 saturated carbocycles. The molecule has 1 aromatic carbocycles. The molecule has 2 N–H and O–H groups in total. The van der Waals surface area contributed by atoms with Gasteiger partial charge in [-0.25, -0.2) is 5.43 Å². The Hall–Kier alpha value is -3.18. The second kappa shape index (κ2) is 10.0. The number of thiophene rings is 1. The predicted octanol–water partition coefficient (Wildman–Crippen LogP) is 3.43. The van der Waals surface area contributed by atoms with Crippen molar-refractivity contribution < 1.29 is 9.59 Å². The van der Waals surface area contributed by atoms with Gasteiger partial charge in [-0.3, -0.25) is 9.59 Å². The molecule has 156 valence electrons. The molecule has 1 aliphatic rings. The summed E-state index contributed by atoms with van der Waals surface area (Å²) in [6.45, 7) is 6.06. The van der Waals surface area contributed by atoms with E-state index in [4.69, 9.17) is 0 Å². The third-order valence-electron chi connectivity index (χ3n) is 5.12. The first-order valence-corrected chi connectivity index (χ1v) is 10.9. The Morgan fingerprint density at radius 1 is 1.17 bits per heavy atom. The van der Waals surface area contributed by atoms with Crippen molar-refractivity contribution in [3.8, 4) is 6.07 Å². The molecule has 3 rings (SSSR count). The van der Waals surface area contributed by atoms with Crippen LogP contribution >= 0.6 is 11.3 Å². The largest absolute Gasteiger partial charge is 0.372 e. The minimum Gasteiger partial charge on any atom is -0.372 e. The Morgan fingerprint density at radius 3 is 2.53 bits per heavy atom. The van der Waals surface area contributed by atoms with Crippen LogP contribution in [0.2, 0.25) is 0 Å². The normalized spacial score (nSPS) is 12.8. The zero-order chi connectivity index (χ0) is 21.5. The molecule has 0 radical (unpaired) electrons.